The number of fused-ring (bicyclic) bond motifs is 1. The molecule has 0 radical (unpaired) electrons. The van der Waals surface area contributed by atoms with Gasteiger partial charge in [-0.05, 0) is 35.4 Å². The Kier molecular flexibility index (Phi) is 5.68. The summed E-state index contributed by atoms with van der Waals surface area (Å²) in [5.74, 6) is 0.718. The van der Waals surface area contributed by atoms with Crippen LogP contribution in [0.1, 0.15) is 31.1 Å². The molecule has 0 aliphatic carbocycles. The highest BCUT2D eigenvalue weighted by molar-refractivity contribution is 5.76. The van der Waals surface area contributed by atoms with Crippen molar-refractivity contribution in [2.75, 3.05) is 6.61 Å². The van der Waals surface area contributed by atoms with Crippen LogP contribution in [0.5, 0.6) is 5.75 Å². The van der Waals surface area contributed by atoms with Crippen LogP contribution < -0.4 is 15.7 Å². The third-order valence-electron chi connectivity index (χ3n) is 4.73. The van der Waals surface area contributed by atoms with Gasteiger partial charge in [-0.25, -0.2) is 4.79 Å². The highest BCUT2D eigenvalue weighted by Gasteiger charge is 2.13. The lowest BCUT2D eigenvalue weighted by Crippen LogP contribution is -2.21. The van der Waals surface area contributed by atoms with Crippen LogP contribution in [-0.2, 0) is 20.6 Å². The zero-order valence-electron chi connectivity index (χ0n) is 16.3. The molecule has 0 bridgehead atoms. The molecule has 3 rings (SSSR count). The van der Waals surface area contributed by atoms with Crippen LogP contribution in [-0.4, -0.2) is 26.9 Å². The van der Waals surface area contributed by atoms with Crippen molar-refractivity contribution in [3.8, 4) is 5.75 Å². The molecule has 2 aromatic carbocycles. The van der Waals surface area contributed by atoms with Crippen LogP contribution in [0.25, 0.3) is 11.0 Å². The van der Waals surface area contributed by atoms with Gasteiger partial charge in [-0.15, -0.1) is 0 Å². The number of nitrogens with zero attached hydrogens (tertiary/aromatic N) is 2. The Morgan fingerprint density at radius 2 is 1.70 bits per heavy atom. The molecular formula is C21H27N3O3. The normalized spacial score (nSPS) is 12.7. The summed E-state index contributed by atoms with van der Waals surface area (Å²) in [4.78, 5) is 12.0. The van der Waals surface area contributed by atoms with Gasteiger partial charge in [0.1, 0.15) is 18.5 Å². The molecule has 0 unspecified atom stereocenters. The fourth-order valence-corrected chi connectivity index (χ4v) is 3.03. The quantitative estimate of drug-likeness (QED) is 0.671. The second kappa shape index (κ2) is 7.98. The molecule has 0 saturated heterocycles. The maximum absolute atomic E-state index is 12.0. The zero-order chi connectivity index (χ0) is 19.6. The van der Waals surface area contributed by atoms with E-state index in [1.54, 1.807) is 23.2 Å². The molecule has 1 heterocycles. The summed E-state index contributed by atoms with van der Waals surface area (Å²) in [6.07, 6.45) is -0.771. The van der Waals surface area contributed by atoms with Gasteiger partial charge < -0.3 is 15.2 Å². The number of nitrogens with one attached hydrogen (secondary N) is 1. The smallest absolute Gasteiger partial charge is 0.328 e. The molecule has 2 N–H and O–H groups in total. The molecule has 3 aromatic rings. The molecule has 0 fully saturated rings. The molecule has 1 atom stereocenters. The third kappa shape index (κ3) is 4.23. The van der Waals surface area contributed by atoms with Crippen LogP contribution in [0.4, 0.5) is 0 Å². The number of rotatable bonds is 7. The number of aliphatic hydroxyl groups excluding tert-OH is 1. The molecule has 144 valence electrons. The summed E-state index contributed by atoms with van der Waals surface area (Å²) in [5.41, 5.74) is 3.46. The summed E-state index contributed by atoms with van der Waals surface area (Å²) in [6.45, 7) is 5.19. The molecule has 0 aliphatic heterocycles. The molecule has 6 heteroatoms. The van der Waals surface area contributed by atoms with Gasteiger partial charge in [0.25, 0.3) is 0 Å². The van der Waals surface area contributed by atoms with Crippen molar-refractivity contribution in [1.29, 1.82) is 0 Å². The average Bonchev–Trinajstić information content (AvgIpc) is 2.89. The second-order valence-corrected chi connectivity index (χ2v) is 7.16. The molecule has 0 spiro atoms. The fraction of sp³-hybridized carbons (Fsp3) is 0.381. The summed E-state index contributed by atoms with van der Waals surface area (Å²) >= 11 is 0. The van der Waals surface area contributed by atoms with Crippen molar-refractivity contribution in [3.63, 3.8) is 0 Å². The number of imidazole rings is 1. The van der Waals surface area contributed by atoms with Gasteiger partial charge in [-0.3, -0.25) is 9.13 Å². The van der Waals surface area contributed by atoms with Gasteiger partial charge in [-0.2, -0.15) is 0 Å². The van der Waals surface area contributed by atoms with Gasteiger partial charge in [0, 0.05) is 26.7 Å². The first-order valence-corrected chi connectivity index (χ1v) is 9.15. The second-order valence-electron chi connectivity index (χ2n) is 7.16. The number of aliphatic hydroxyl groups is 1. The highest BCUT2D eigenvalue weighted by Crippen LogP contribution is 2.21. The van der Waals surface area contributed by atoms with Crippen molar-refractivity contribution >= 4 is 11.0 Å². The van der Waals surface area contributed by atoms with Gasteiger partial charge >= 0.3 is 5.69 Å². The highest BCUT2D eigenvalue weighted by atomic mass is 16.5. The maximum atomic E-state index is 12.0. The van der Waals surface area contributed by atoms with E-state index in [0.717, 1.165) is 28.9 Å². The van der Waals surface area contributed by atoms with E-state index in [1.165, 1.54) is 5.56 Å². The summed E-state index contributed by atoms with van der Waals surface area (Å²) in [6, 6.07) is 13.8. The minimum absolute atomic E-state index is 0.0834. The zero-order valence-corrected chi connectivity index (χ0v) is 16.3. The molecule has 0 aliphatic rings. The lowest BCUT2D eigenvalue weighted by molar-refractivity contribution is 0.108. The third-order valence-corrected chi connectivity index (χ3v) is 4.73. The van der Waals surface area contributed by atoms with E-state index in [1.807, 2.05) is 42.5 Å². The van der Waals surface area contributed by atoms with Gasteiger partial charge in [0.2, 0.25) is 0 Å². The molecule has 27 heavy (non-hydrogen) atoms. The summed E-state index contributed by atoms with van der Waals surface area (Å²) in [7, 11) is 3.47. The first-order valence-electron chi connectivity index (χ1n) is 9.15. The summed E-state index contributed by atoms with van der Waals surface area (Å²) in [5, 5.41) is 13.8. The molecule has 1 aromatic heterocycles. The van der Waals surface area contributed by atoms with E-state index in [2.05, 4.69) is 19.2 Å². The predicted molar refractivity (Wildman–Crippen MR) is 107 cm³/mol. The van der Waals surface area contributed by atoms with Crippen molar-refractivity contribution in [3.05, 3.63) is 64.1 Å². The Hall–Kier alpha value is -2.57. The van der Waals surface area contributed by atoms with E-state index in [9.17, 15) is 9.90 Å². The van der Waals surface area contributed by atoms with Crippen LogP contribution in [0, 0.1) is 0 Å². The SMILES string of the molecule is CC(C)NCc1ccc(OC[C@@H](O)c2ccc3c(c2)n(C)c(=O)n3C)cc1. The first kappa shape index (κ1) is 19.2. The number of aryl methyl sites for hydroxylation is 2. The lowest BCUT2D eigenvalue weighted by Gasteiger charge is -2.14. The Labute approximate surface area is 159 Å². The van der Waals surface area contributed by atoms with Gasteiger partial charge in [0.05, 0.1) is 11.0 Å². The largest absolute Gasteiger partial charge is 0.491 e. The Balaban J connectivity index is 1.65. The van der Waals surface area contributed by atoms with E-state index in [0.29, 0.717) is 6.04 Å². The molecule has 6 nitrogen and oxygen atoms in total. The molecule has 0 amide bonds. The van der Waals surface area contributed by atoms with Crippen LogP contribution >= 0.6 is 0 Å². The summed E-state index contributed by atoms with van der Waals surface area (Å²) < 4.78 is 8.90. The van der Waals surface area contributed by atoms with Crippen molar-refractivity contribution in [2.24, 2.45) is 14.1 Å². The number of ether oxygens (including phenoxy) is 1. The van der Waals surface area contributed by atoms with Crippen LogP contribution in [0.2, 0.25) is 0 Å². The van der Waals surface area contributed by atoms with Crippen molar-refractivity contribution < 1.29 is 9.84 Å². The van der Waals surface area contributed by atoms with Crippen molar-refractivity contribution in [1.82, 2.24) is 14.5 Å². The first-order chi connectivity index (χ1) is 12.9. The Bertz CT molecular complexity index is 971. The molecular weight excluding hydrogens is 342 g/mol. The van der Waals surface area contributed by atoms with Gasteiger partial charge in [0.15, 0.2) is 0 Å². The predicted octanol–water partition coefficient (Wildman–Crippen LogP) is 2.49. The standard InChI is InChI=1S/C21H27N3O3/c1-14(2)22-12-15-5-8-17(9-6-15)27-13-20(25)16-7-10-18-19(11-16)24(4)21(26)23(18)3/h5-11,14,20,22,25H,12-13H2,1-4H3/t20-/m1/s1. The molecule has 0 saturated carbocycles. The number of benzene rings is 2. The minimum Gasteiger partial charge on any atom is -0.491 e. The Morgan fingerprint density at radius 3 is 2.37 bits per heavy atom. The van der Waals surface area contributed by atoms with Crippen LogP contribution in [0.15, 0.2) is 47.3 Å². The van der Waals surface area contributed by atoms with Crippen LogP contribution in [0.3, 0.4) is 0 Å². The number of hydrogen-bond donors (Lipinski definition) is 2. The van der Waals surface area contributed by atoms with E-state index in [4.69, 9.17) is 4.74 Å². The number of hydrogen-bond acceptors (Lipinski definition) is 4. The fourth-order valence-electron chi connectivity index (χ4n) is 3.03. The van der Waals surface area contributed by atoms with Gasteiger partial charge in [-0.1, -0.05) is 32.0 Å². The van der Waals surface area contributed by atoms with E-state index in [-0.39, 0.29) is 12.3 Å². The topological polar surface area (TPSA) is 68.4 Å². The van der Waals surface area contributed by atoms with E-state index < -0.39 is 6.10 Å². The Morgan fingerprint density at radius 1 is 1.04 bits per heavy atom. The van der Waals surface area contributed by atoms with Crippen molar-refractivity contribution in [2.45, 2.75) is 32.5 Å². The minimum atomic E-state index is -0.771. The monoisotopic (exact) mass is 369 g/mol. The average molecular weight is 369 g/mol. The lowest BCUT2D eigenvalue weighted by atomic mass is 10.1. The number of aromatic nitrogens is 2. The maximum Gasteiger partial charge on any atom is 0.328 e. The van der Waals surface area contributed by atoms with E-state index >= 15 is 0 Å².